The maximum Gasteiger partial charge on any atom is 0.344 e. The van der Waals surface area contributed by atoms with Gasteiger partial charge in [-0.05, 0) is 50.1 Å². The van der Waals surface area contributed by atoms with E-state index in [9.17, 15) is 14.5 Å². The molecule has 0 radical (unpaired) electrons. The Bertz CT molecular complexity index is 1440. The van der Waals surface area contributed by atoms with E-state index in [0.29, 0.717) is 28.6 Å². The third-order valence-corrected chi connectivity index (χ3v) is 5.71. The van der Waals surface area contributed by atoms with E-state index < -0.39 is 11.3 Å². The summed E-state index contributed by atoms with van der Waals surface area (Å²) in [6.45, 7) is 4.73. The molecule has 2 aromatic carbocycles. The number of fused-ring (bicyclic) bond motifs is 2. The second kappa shape index (κ2) is 9.48. The Kier molecular flexibility index (Phi) is 6.48. The zero-order chi connectivity index (χ0) is 23.5. The summed E-state index contributed by atoms with van der Waals surface area (Å²) in [5.41, 5.74) is 0.923. The van der Waals surface area contributed by atoms with Crippen LogP contribution in [0.25, 0.3) is 33.1 Å². The molecule has 0 atom stereocenters. The summed E-state index contributed by atoms with van der Waals surface area (Å²) in [6, 6.07) is 13.4. The number of hydrogen-bond donors (Lipinski definition) is 0. The van der Waals surface area contributed by atoms with Crippen LogP contribution in [0, 0.1) is 4.91 Å². The summed E-state index contributed by atoms with van der Waals surface area (Å²) in [7, 11) is 3.98. The molecule has 4 aromatic rings. The maximum absolute atomic E-state index is 12.8. The summed E-state index contributed by atoms with van der Waals surface area (Å²) < 4.78 is 11.0. The second-order valence-corrected chi connectivity index (χ2v) is 8.17. The predicted octanol–water partition coefficient (Wildman–Crippen LogP) is 4.35. The standard InChI is InChI=1S/C25H25N3O5/c1-4-28(12-11-27(2)3)15-20-21(26-31)10-9-17-18(14-23(29)33-24(17)20)19-13-16-7-5-6-8-22(16)32-25(19)30/h5-10,13-14H,4,11-12,15H2,1-3H3. The molecule has 8 heteroatoms. The van der Waals surface area contributed by atoms with E-state index in [-0.39, 0.29) is 16.8 Å². The molecule has 4 rings (SSSR count). The van der Waals surface area contributed by atoms with Crippen LogP contribution in [-0.4, -0.2) is 43.5 Å². The first-order chi connectivity index (χ1) is 15.9. The molecule has 0 saturated heterocycles. The van der Waals surface area contributed by atoms with Crippen LogP contribution >= 0.6 is 0 Å². The van der Waals surface area contributed by atoms with Crippen LogP contribution in [0.4, 0.5) is 5.69 Å². The summed E-state index contributed by atoms with van der Waals surface area (Å²) in [6.07, 6.45) is 0. The highest BCUT2D eigenvalue weighted by molar-refractivity contribution is 5.97. The van der Waals surface area contributed by atoms with Gasteiger partial charge in [0.1, 0.15) is 16.9 Å². The van der Waals surface area contributed by atoms with Gasteiger partial charge in [0.05, 0.1) is 5.56 Å². The lowest BCUT2D eigenvalue weighted by Crippen LogP contribution is -2.31. The first-order valence-electron chi connectivity index (χ1n) is 10.7. The van der Waals surface area contributed by atoms with Crippen molar-refractivity contribution in [2.45, 2.75) is 13.5 Å². The SMILES string of the molecule is CCN(CCN(C)C)Cc1c(N=O)ccc2c(-c3cc4ccccc4oc3=O)cc(=O)oc12. The van der Waals surface area contributed by atoms with Crippen LogP contribution < -0.4 is 11.3 Å². The average molecular weight is 447 g/mol. The minimum Gasteiger partial charge on any atom is -0.422 e. The Morgan fingerprint density at radius 2 is 1.73 bits per heavy atom. The number of likely N-dealkylation sites (N-methyl/N-ethyl adjacent to an activating group) is 2. The molecule has 0 aliphatic rings. The molecule has 2 aromatic heterocycles. The Labute approximate surface area is 190 Å². The zero-order valence-corrected chi connectivity index (χ0v) is 18.8. The lowest BCUT2D eigenvalue weighted by atomic mass is 9.99. The van der Waals surface area contributed by atoms with Gasteiger partial charge >= 0.3 is 11.3 Å². The molecule has 2 heterocycles. The predicted molar refractivity (Wildman–Crippen MR) is 129 cm³/mol. The van der Waals surface area contributed by atoms with E-state index in [1.54, 1.807) is 30.3 Å². The number of nitrogens with zero attached hydrogens (tertiary/aromatic N) is 3. The van der Waals surface area contributed by atoms with Crippen molar-refractivity contribution in [3.63, 3.8) is 0 Å². The third-order valence-electron chi connectivity index (χ3n) is 5.71. The van der Waals surface area contributed by atoms with Crippen molar-refractivity contribution in [3.05, 3.63) is 79.8 Å². The summed E-state index contributed by atoms with van der Waals surface area (Å²) >= 11 is 0. The molecule has 8 nitrogen and oxygen atoms in total. The molecule has 0 unspecified atom stereocenters. The van der Waals surface area contributed by atoms with Crippen LogP contribution in [0.5, 0.6) is 0 Å². The molecule has 0 aliphatic heterocycles. The fourth-order valence-corrected chi connectivity index (χ4v) is 3.90. The van der Waals surface area contributed by atoms with Gasteiger partial charge < -0.3 is 13.7 Å². The number of hydrogen-bond acceptors (Lipinski definition) is 8. The second-order valence-electron chi connectivity index (χ2n) is 8.17. The van der Waals surface area contributed by atoms with Crippen molar-refractivity contribution in [1.29, 1.82) is 0 Å². The van der Waals surface area contributed by atoms with E-state index in [1.165, 1.54) is 6.07 Å². The Morgan fingerprint density at radius 1 is 0.939 bits per heavy atom. The summed E-state index contributed by atoms with van der Waals surface area (Å²) in [5.74, 6) is 0. The molecular weight excluding hydrogens is 422 g/mol. The third kappa shape index (κ3) is 4.62. The highest BCUT2D eigenvalue weighted by Crippen LogP contribution is 2.34. The topological polar surface area (TPSA) is 96.3 Å². The molecule has 33 heavy (non-hydrogen) atoms. The van der Waals surface area contributed by atoms with Crippen molar-refractivity contribution in [1.82, 2.24) is 9.80 Å². The van der Waals surface area contributed by atoms with Crippen LogP contribution in [0.15, 0.2) is 72.1 Å². The molecule has 0 amide bonds. The highest BCUT2D eigenvalue weighted by atomic mass is 16.4. The van der Waals surface area contributed by atoms with E-state index in [1.807, 2.05) is 33.2 Å². The number of rotatable bonds is 8. The molecule has 0 bridgehead atoms. The van der Waals surface area contributed by atoms with Gasteiger partial charge in [-0.25, -0.2) is 9.59 Å². The molecule has 170 valence electrons. The van der Waals surface area contributed by atoms with Gasteiger partial charge in [0.25, 0.3) is 0 Å². The molecule has 0 fully saturated rings. The van der Waals surface area contributed by atoms with Gasteiger partial charge in [-0.15, -0.1) is 4.91 Å². The number of nitroso groups, excluding NO2 is 1. The van der Waals surface area contributed by atoms with Crippen molar-refractivity contribution < 1.29 is 8.83 Å². The van der Waals surface area contributed by atoms with Crippen LogP contribution in [0.2, 0.25) is 0 Å². The minimum absolute atomic E-state index is 0.205. The summed E-state index contributed by atoms with van der Waals surface area (Å²) in [5, 5.41) is 4.45. The van der Waals surface area contributed by atoms with Gasteiger partial charge in [0, 0.05) is 47.6 Å². The van der Waals surface area contributed by atoms with E-state index in [4.69, 9.17) is 8.83 Å². The first kappa shape index (κ1) is 22.6. The van der Waals surface area contributed by atoms with Gasteiger partial charge in [-0.3, -0.25) is 4.90 Å². The van der Waals surface area contributed by atoms with Crippen molar-refractivity contribution >= 4 is 27.6 Å². The van der Waals surface area contributed by atoms with E-state index in [2.05, 4.69) is 15.0 Å². The maximum atomic E-state index is 12.8. The smallest absolute Gasteiger partial charge is 0.344 e. The lowest BCUT2D eigenvalue weighted by Gasteiger charge is -2.23. The van der Waals surface area contributed by atoms with Crippen LogP contribution in [0.3, 0.4) is 0 Å². The van der Waals surface area contributed by atoms with Crippen molar-refractivity contribution in [2.75, 3.05) is 33.7 Å². The monoisotopic (exact) mass is 447 g/mol. The lowest BCUT2D eigenvalue weighted by molar-refractivity contribution is 0.244. The van der Waals surface area contributed by atoms with E-state index >= 15 is 0 Å². The Hall–Kier alpha value is -3.62. The minimum atomic E-state index is -0.620. The van der Waals surface area contributed by atoms with Crippen LogP contribution in [0.1, 0.15) is 12.5 Å². The van der Waals surface area contributed by atoms with Gasteiger partial charge in [-0.2, -0.15) is 0 Å². The zero-order valence-electron chi connectivity index (χ0n) is 18.8. The van der Waals surface area contributed by atoms with Gasteiger partial charge in [0.2, 0.25) is 0 Å². The number of benzene rings is 2. The summed E-state index contributed by atoms with van der Waals surface area (Å²) in [4.78, 5) is 41.1. The molecule has 0 saturated carbocycles. The quantitative estimate of drug-likeness (QED) is 0.293. The molecular formula is C25H25N3O5. The normalized spacial score (nSPS) is 11.7. The van der Waals surface area contributed by atoms with Crippen LogP contribution in [-0.2, 0) is 6.54 Å². The van der Waals surface area contributed by atoms with E-state index in [0.717, 1.165) is 25.0 Å². The molecule has 0 spiro atoms. The Balaban J connectivity index is 1.92. The van der Waals surface area contributed by atoms with Crippen molar-refractivity contribution in [2.24, 2.45) is 5.18 Å². The highest BCUT2D eigenvalue weighted by Gasteiger charge is 2.20. The average Bonchev–Trinajstić information content (AvgIpc) is 2.80. The largest absolute Gasteiger partial charge is 0.422 e. The number of para-hydroxylation sites is 1. The van der Waals surface area contributed by atoms with Gasteiger partial charge in [0.15, 0.2) is 0 Å². The van der Waals surface area contributed by atoms with Crippen molar-refractivity contribution in [3.8, 4) is 11.1 Å². The Morgan fingerprint density at radius 3 is 2.45 bits per heavy atom. The molecule has 0 aliphatic carbocycles. The first-order valence-corrected chi connectivity index (χ1v) is 10.7. The fraction of sp³-hybridized carbons (Fsp3) is 0.280. The molecule has 0 N–H and O–H groups in total. The van der Waals surface area contributed by atoms with Gasteiger partial charge in [-0.1, -0.05) is 25.1 Å². The fourth-order valence-electron chi connectivity index (χ4n) is 3.90.